The molecule has 0 aromatic carbocycles. The Hall–Kier alpha value is -0.400. The highest BCUT2D eigenvalue weighted by Crippen LogP contribution is 2.31. The van der Waals surface area contributed by atoms with Crippen LogP contribution in [0.3, 0.4) is 0 Å². The number of hydrogen-bond donors (Lipinski definition) is 5. The molecule has 10 heteroatoms. The fraction of sp³-hybridized carbons (Fsp3) is 1.00. The largest absolute Gasteiger partial charge is 0.392 e. The third kappa shape index (κ3) is 45.2. The van der Waals surface area contributed by atoms with Gasteiger partial charge in [-0.05, 0) is 83.5 Å². The van der Waals surface area contributed by atoms with E-state index in [0.717, 1.165) is 149 Å². The molecule has 10 nitrogen and oxygen atoms in total. The number of nitrogens with zero attached hydrogens (tertiary/aromatic N) is 5. The van der Waals surface area contributed by atoms with E-state index >= 15 is 0 Å². The summed E-state index contributed by atoms with van der Waals surface area (Å²) in [5.41, 5.74) is 0. The Morgan fingerprint density at radius 2 is 0.489 bits per heavy atom. The van der Waals surface area contributed by atoms with Crippen molar-refractivity contribution in [2.24, 2.45) is 0 Å². The summed E-state index contributed by atoms with van der Waals surface area (Å²) in [5.74, 6) is 0. The molecule has 3 fully saturated rings. The zero-order valence-electron chi connectivity index (χ0n) is 61.9. The van der Waals surface area contributed by atoms with Crippen LogP contribution in [0.15, 0.2) is 0 Å². The third-order valence-electron chi connectivity index (χ3n) is 21.7. The number of rotatable bonds is 62. The maximum Gasteiger partial charge on any atom is 0.0667 e. The fourth-order valence-corrected chi connectivity index (χ4v) is 15.7. The van der Waals surface area contributed by atoms with Gasteiger partial charge in [-0.3, -0.25) is 24.5 Å². The van der Waals surface area contributed by atoms with Gasteiger partial charge in [-0.15, -0.1) is 0 Å². The van der Waals surface area contributed by atoms with Crippen molar-refractivity contribution in [1.29, 1.82) is 0 Å². The van der Waals surface area contributed by atoms with Crippen LogP contribution < -0.4 is 0 Å². The van der Waals surface area contributed by atoms with E-state index in [1.54, 1.807) is 0 Å². The summed E-state index contributed by atoms with van der Waals surface area (Å²) in [6.07, 6.45) is 63.5. The van der Waals surface area contributed by atoms with Crippen LogP contribution >= 0.6 is 0 Å². The van der Waals surface area contributed by atoms with Crippen LogP contribution in [0.25, 0.3) is 0 Å². The standard InChI is InChI=1S/C78H157N5O5.C2H6/c1-6-11-16-21-26-31-36-41-46-74(84)65-81(71-53-57-73(58-54-71)83(68-77(87)49-44-39-34-29-24-19-14-9-4)69-78(88)50-45-40-35-30-25-20-15-10-5)64-61-79-59-62-80(63-60-79)70-51-55-72(56-52-70)82(66-75(85)47-42-37-32-27-22-17-12-7-2)67-76(86)48-43-38-33-28-23-18-13-8-3;1-2/h70-78,84-88H,6-69H2,1-5H3;1-2H3. The topological polar surface area (TPSA) is 117 Å². The first-order valence-electron chi connectivity index (χ1n) is 41.2. The molecule has 0 aromatic heterocycles. The van der Waals surface area contributed by atoms with Crippen LogP contribution in [0.1, 0.15) is 389 Å². The molecule has 5 unspecified atom stereocenters. The van der Waals surface area contributed by atoms with Gasteiger partial charge < -0.3 is 25.5 Å². The molecular formula is C80H163N5O5. The molecule has 90 heavy (non-hydrogen) atoms. The minimum Gasteiger partial charge on any atom is -0.392 e. The predicted octanol–water partition coefficient (Wildman–Crippen LogP) is 19.6. The average Bonchev–Trinajstić information content (AvgIpc) is 3.21. The van der Waals surface area contributed by atoms with Crippen molar-refractivity contribution in [2.75, 3.05) is 72.0 Å². The highest BCUT2D eigenvalue weighted by Gasteiger charge is 2.35. The monoisotopic (exact) mass is 1270 g/mol. The lowest BCUT2D eigenvalue weighted by Crippen LogP contribution is -2.54. The van der Waals surface area contributed by atoms with Crippen molar-refractivity contribution < 1.29 is 25.5 Å². The molecule has 2 saturated carbocycles. The second kappa shape index (κ2) is 61.0. The maximum absolute atomic E-state index is 11.7. The molecular weight excluding hydrogens is 1110 g/mol. The Kier molecular flexibility index (Phi) is 58.0. The van der Waals surface area contributed by atoms with Gasteiger partial charge >= 0.3 is 0 Å². The van der Waals surface area contributed by atoms with E-state index in [-0.39, 0.29) is 30.5 Å². The number of piperazine rings is 1. The van der Waals surface area contributed by atoms with E-state index in [1.165, 1.54) is 238 Å². The average molecular weight is 1280 g/mol. The van der Waals surface area contributed by atoms with Crippen LogP contribution in [0.4, 0.5) is 0 Å². The van der Waals surface area contributed by atoms with Crippen LogP contribution in [-0.4, -0.2) is 177 Å². The molecule has 1 saturated heterocycles. The van der Waals surface area contributed by atoms with Crippen molar-refractivity contribution in [3.63, 3.8) is 0 Å². The Morgan fingerprint density at radius 1 is 0.278 bits per heavy atom. The van der Waals surface area contributed by atoms with Gasteiger partial charge in [-0.2, -0.15) is 0 Å². The Bertz CT molecular complexity index is 1400. The van der Waals surface area contributed by atoms with Gasteiger partial charge in [0, 0.05) is 96.2 Å². The molecule has 0 aromatic rings. The summed E-state index contributed by atoms with van der Waals surface area (Å²) in [5, 5.41) is 57.7. The van der Waals surface area contributed by atoms with E-state index < -0.39 is 0 Å². The normalized spacial score (nSPS) is 20.4. The molecule has 3 rings (SSSR count). The van der Waals surface area contributed by atoms with Crippen molar-refractivity contribution >= 4 is 0 Å². The van der Waals surface area contributed by atoms with Crippen molar-refractivity contribution in [1.82, 2.24) is 24.5 Å². The third-order valence-corrected chi connectivity index (χ3v) is 21.7. The Balaban J connectivity index is 0.0000137. The van der Waals surface area contributed by atoms with Crippen molar-refractivity contribution in [3.05, 3.63) is 0 Å². The first-order valence-corrected chi connectivity index (χ1v) is 41.2. The molecule has 5 atom stereocenters. The zero-order valence-corrected chi connectivity index (χ0v) is 61.9. The van der Waals surface area contributed by atoms with Gasteiger partial charge in [0.05, 0.1) is 30.5 Å². The lowest BCUT2D eigenvalue weighted by molar-refractivity contribution is 0.00474. The molecule has 3 aliphatic rings. The smallest absolute Gasteiger partial charge is 0.0667 e. The quantitative estimate of drug-likeness (QED) is 0.0377. The number of aliphatic hydroxyl groups is 5. The predicted molar refractivity (Wildman–Crippen MR) is 392 cm³/mol. The Morgan fingerprint density at radius 3 is 0.744 bits per heavy atom. The van der Waals surface area contributed by atoms with Crippen molar-refractivity contribution in [2.45, 2.75) is 443 Å². The first kappa shape index (κ1) is 85.7. The summed E-state index contributed by atoms with van der Waals surface area (Å²) in [7, 11) is 0. The fourth-order valence-electron chi connectivity index (χ4n) is 15.7. The molecule has 1 aliphatic heterocycles. The number of unbranched alkanes of at least 4 members (excludes halogenated alkanes) is 35. The second-order valence-electron chi connectivity index (χ2n) is 29.8. The van der Waals surface area contributed by atoms with E-state index in [9.17, 15) is 25.5 Å². The lowest BCUT2D eigenvalue weighted by Gasteiger charge is -2.45. The summed E-state index contributed by atoms with van der Waals surface area (Å²) >= 11 is 0. The summed E-state index contributed by atoms with van der Waals surface area (Å²) < 4.78 is 0. The molecule has 0 bridgehead atoms. The number of aliphatic hydroxyl groups excluding tert-OH is 5. The minimum absolute atomic E-state index is 0.286. The van der Waals surface area contributed by atoms with Crippen LogP contribution in [0.5, 0.6) is 0 Å². The van der Waals surface area contributed by atoms with E-state index in [0.29, 0.717) is 50.3 Å². The molecule has 0 radical (unpaired) electrons. The molecule has 5 N–H and O–H groups in total. The van der Waals surface area contributed by atoms with Gasteiger partial charge in [-0.1, -0.05) is 305 Å². The molecule has 538 valence electrons. The lowest BCUT2D eigenvalue weighted by atomic mass is 9.88. The SMILES string of the molecule is CC.CCCCCCCCCCC(O)CN(CCN1CCN(C2CCC(N(CC(O)CCCCCCCCCC)CC(O)CCCCCCCCCC)CC2)CC1)C1CCC(N(CC(O)CCCCCCCCCC)CC(O)CCCCCCCCCC)CC1. The molecule has 0 amide bonds. The number of hydrogen-bond acceptors (Lipinski definition) is 10. The van der Waals surface area contributed by atoms with E-state index in [4.69, 9.17) is 0 Å². The second-order valence-corrected chi connectivity index (χ2v) is 29.8. The first-order chi connectivity index (χ1) is 44.1. The van der Waals surface area contributed by atoms with Crippen molar-refractivity contribution in [3.8, 4) is 0 Å². The Labute approximate surface area is 562 Å². The minimum atomic E-state index is -0.338. The molecule has 0 spiro atoms. The zero-order chi connectivity index (χ0) is 65.3. The highest BCUT2D eigenvalue weighted by atomic mass is 16.3. The van der Waals surface area contributed by atoms with Crippen LogP contribution in [0.2, 0.25) is 0 Å². The molecule has 1 heterocycles. The van der Waals surface area contributed by atoms with E-state index in [1.807, 2.05) is 13.8 Å². The van der Waals surface area contributed by atoms with Gasteiger partial charge in [-0.25, -0.2) is 0 Å². The molecule has 2 aliphatic carbocycles. The maximum atomic E-state index is 11.7. The highest BCUT2D eigenvalue weighted by molar-refractivity contribution is 4.91. The summed E-state index contributed by atoms with van der Waals surface area (Å²) in [4.78, 5) is 13.3. The van der Waals surface area contributed by atoms with Gasteiger partial charge in [0.15, 0.2) is 0 Å². The van der Waals surface area contributed by atoms with Gasteiger partial charge in [0.1, 0.15) is 0 Å². The van der Waals surface area contributed by atoms with E-state index in [2.05, 4.69) is 59.1 Å². The summed E-state index contributed by atoms with van der Waals surface area (Å²) in [6.45, 7) is 25.5. The van der Waals surface area contributed by atoms with Crippen LogP contribution in [-0.2, 0) is 0 Å². The van der Waals surface area contributed by atoms with Gasteiger partial charge in [0.25, 0.3) is 0 Å². The van der Waals surface area contributed by atoms with Gasteiger partial charge in [0.2, 0.25) is 0 Å². The summed E-state index contributed by atoms with van der Waals surface area (Å²) in [6, 6.07) is 1.92. The van der Waals surface area contributed by atoms with Crippen LogP contribution in [0, 0.1) is 0 Å².